The Labute approximate surface area is 96.5 Å². The summed E-state index contributed by atoms with van der Waals surface area (Å²) in [6, 6.07) is 9.92. The highest BCUT2D eigenvalue weighted by Crippen LogP contribution is 2.32. The van der Waals surface area contributed by atoms with Crippen LogP contribution >= 0.6 is 0 Å². The van der Waals surface area contributed by atoms with Gasteiger partial charge < -0.3 is 0 Å². The summed E-state index contributed by atoms with van der Waals surface area (Å²) in [4.78, 5) is 11.9. The zero-order chi connectivity index (χ0) is 11.4. The molecule has 1 fully saturated rings. The van der Waals surface area contributed by atoms with Crippen LogP contribution in [0.1, 0.15) is 31.2 Å². The predicted molar refractivity (Wildman–Crippen MR) is 67.0 cm³/mol. The second kappa shape index (κ2) is 4.93. The number of carbonyl (C=O) groups is 1. The predicted octanol–water partition coefficient (Wildman–Crippen LogP) is 3.77. The molecule has 0 bridgehead atoms. The van der Waals surface area contributed by atoms with Gasteiger partial charge in [-0.05, 0) is 37.3 Å². The number of rotatable bonds is 3. The molecule has 0 spiro atoms. The fourth-order valence-electron chi connectivity index (χ4n) is 2.28. The molecule has 0 heterocycles. The number of benzene rings is 1. The smallest absolute Gasteiger partial charge is 0.185 e. The lowest BCUT2D eigenvalue weighted by Crippen LogP contribution is -2.00. The highest BCUT2D eigenvalue weighted by Gasteiger charge is 2.17. The first-order valence-corrected chi connectivity index (χ1v) is 5.77. The molecule has 1 aromatic carbocycles. The van der Waals surface area contributed by atoms with Gasteiger partial charge in [-0.25, -0.2) is 0 Å². The van der Waals surface area contributed by atoms with Crippen LogP contribution in [-0.2, 0) is 4.79 Å². The molecule has 2 rings (SSSR count). The van der Waals surface area contributed by atoms with E-state index in [-0.39, 0.29) is 5.78 Å². The summed E-state index contributed by atoms with van der Waals surface area (Å²) >= 11 is 0. The van der Waals surface area contributed by atoms with Gasteiger partial charge in [0, 0.05) is 5.57 Å². The van der Waals surface area contributed by atoms with Gasteiger partial charge in [-0.15, -0.1) is 0 Å². The van der Waals surface area contributed by atoms with E-state index < -0.39 is 0 Å². The Balaban J connectivity index is 2.47. The molecular weight excluding hydrogens is 196 g/mol. The first-order chi connectivity index (χ1) is 7.83. The molecule has 82 valence electrons. The van der Waals surface area contributed by atoms with Gasteiger partial charge in [0.05, 0.1) is 0 Å². The fourth-order valence-corrected chi connectivity index (χ4v) is 2.28. The Morgan fingerprint density at radius 3 is 2.31 bits per heavy atom. The van der Waals surface area contributed by atoms with Crippen molar-refractivity contribution >= 4 is 11.4 Å². The van der Waals surface area contributed by atoms with Crippen LogP contribution in [0, 0.1) is 0 Å². The maximum absolute atomic E-state index is 11.9. The second-order valence-electron chi connectivity index (χ2n) is 4.12. The lowest BCUT2D eigenvalue weighted by Gasteiger charge is -2.08. The molecule has 0 amide bonds. The molecule has 0 aromatic heterocycles. The van der Waals surface area contributed by atoms with Crippen LogP contribution < -0.4 is 0 Å². The standard InChI is InChI=1S/C15H16O/c1-2-14(16)15(13-10-6-7-11-13)12-8-4-3-5-9-12/h2-5,8-9H,1,6-7,10-11H2. The topological polar surface area (TPSA) is 17.1 Å². The van der Waals surface area contributed by atoms with E-state index in [1.165, 1.54) is 24.5 Å². The van der Waals surface area contributed by atoms with Crippen LogP contribution in [0.5, 0.6) is 0 Å². The minimum Gasteiger partial charge on any atom is -0.289 e. The summed E-state index contributed by atoms with van der Waals surface area (Å²) in [6.07, 6.45) is 5.95. The largest absolute Gasteiger partial charge is 0.289 e. The van der Waals surface area contributed by atoms with Gasteiger partial charge in [-0.1, -0.05) is 42.5 Å². The Bertz CT molecular complexity index is 418. The Hall–Kier alpha value is -1.63. The van der Waals surface area contributed by atoms with E-state index in [0.29, 0.717) is 0 Å². The monoisotopic (exact) mass is 212 g/mol. The van der Waals surface area contributed by atoms with Gasteiger partial charge in [0.1, 0.15) is 0 Å². The van der Waals surface area contributed by atoms with Crippen LogP contribution in [-0.4, -0.2) is 5.78 Å². The first-order valence-electron chi connectivity index (χ1n) is 5.77. The summed E-state index contributed by atoms with van der Waals surface area (Å²) in [6.45, 7) is 3.59. The molecule has 0 aliphatic heterocycles. The van der Waals surface area contributed by atoms with Crippen LogP contribution in [0.3, 0.4) is 0 Å². The molecule has 0 atom stereocenters. The molecule has 0 unspecified atom stereocenters. The summed E-state index contributed by atoms with van der Waals surface area (Å²) in [5.41, 5.74) is 3.22. The van der Waals surface area contributed by atoms with Gasteiger partial charge >= 0.3 is 0 Å². The molecule has 0 saturated heterocycles. The third-order valence-electron chi connectivity index (χ3n) is 3.05. The van der Waals surface area contributed by atoms with E-state index in [0.717, 1.165) is 24.0 Å². The number of hydrogen-bond donors (Lipinski definition) is 0. The average molecular weight is 212 g/mol. The average Bonchev–Trinajstić information content (AvgIpc) is 2.84. The van der Waals surface area contributed by atoms with Gasteiger partial charge in [-0.2, -0.15) is 0 Å². The van der Waals surface area contributed by atoms with Crippen molar-refractivity contribution in [1.82, 2.24) is 0 Å². The highest BCUT2D eigenvalue weighted by atomic mass is 16.1. The van der Waals surface area contributed by atoms with Gasteiger partial charge in [0.25, 0.3) is 0 Å². The molecule has 0 N–H and O–H groups in total. The molecular formula is C15H16O. The minimum atomic E-state index is 0.0584. The van der Waals surface area contributed by atoms with Crippen molar-refractivity contribution in [3.8, 4) is 0 Å². The zero-order valence-corrected chi connectivity index (χ0v) is 9.41. The third kappa shape index (κ3) is 2.13. The fraction of sp³-hybridized carbons (Fsp3) is 0.267. The lowest BCUT2D eigenvalue weighted by molar-refractivity contribution is -0.109. The van der Waals surface area contributed by atoms with E-state index in [4.69, 9.17) is 0 Å². The molecule has 1 nitrogen and oxygen atoms in total. The maximum atomic E-state index is 11.9. The molecule has 0 radical (unpaired) electrons. The minimum absolute atomic E-state index is 0.0584. The van der Waals surface area contributed by atoms with E-state index in [1.54, 1.807) is 0 Å². The number of hydrogen-bond acceptors (Lipinski definition) is 1. The Morgan fingerprint density at radius 2 is 1.75 bits per heavy atom. The third-order valence-corrected chi connectivity index (χ3v) is 3.05. The van der Waals surface area contributed by atoms with Crippen LogP contribution in [0.2, 0.25) is 0 Å². The second-order valence-corrected chi connectivity index (χ2v) is 4.12. The van der Waals surface area contributed by atoms with Crippen molar-refractivity contribution < 1.29 is 4.79 Å². The maximum Gasteiger partial charge on any atom is 0.185 e. The normalized spacial score (nSPS) is 14.9. The van der Waals surface area contributed by atoms with Crippen molar-refractivity contribution in [2.75, 3.05) is 0 Å². The molecule has 1 heteroatoms. The summed E-state index contributed by atoms with van der Waals surface area (Å²) in [7, 11) is 0. The SMILES string of the molecule is C=CC(=O)C(=C1CCCC1)c1ccccc1. The number of ketones is 1. The zero-order valence-electron chi connectivity index (χ0n) is 9.41. The molecule has 1 aliphatic rings. The molecule has 16 heavy (non-hydrogen) atoms. The van der Waals surface area contributed by atoms with Gasteiger partial charge in [-0.3, -0.25) is 4.79 Å². The van der Waals surface area contributed by atoms with Crippen LogP contribution in [0.15, 0.2) is 48.6 Å². The van der Waals surface area contributed by atoms with E-state index in [1.807, 2.05) is 30.3 Å². The molecule has 1 aromatic rings. The number of carbonyl (C=O) groups excluding carboxylic acids is 1. The summed E-state index contributed by atoms with van der Waals surface area (Å²) in [5, 5.41) is 0. The van der Waals surface area contributed by atoms with Crippen LogP contribution in [0.4, 0.5) is 0 Å². The molecule has 1 saturated carbocycles. The van der Waals surface area contributed by atoms with Crippen molar-refractivity contribution in [2.24, 2.45) is 0 Å². The van der Waals surface area contributed by atoms with Gasteiger partial charge in [0.15, 0.2) is 5.78 Å². The number of allylic oxidation sites excluding steroid dienone is 3. The van der Waals surface area contributed by atoms with Crippen molar-refractivity contribution in [1.29, 1.82) is 0 Å². The first kappa shape index (κ1) is 10.9. The highest BCUT2D eigenvalue weighted by molar-refractivity contribution is 6.26. The van der Waals surface area contributed by atoms with Crippen molar-refractivity contribution in [2.45, 2.75) is 25.7 Å². The quantitative estimate of drug-likeness (QED) is 0.697. The van der Waals surface area contributed by atoms with Crippen molar-refractivity contribution in [3.05, 3.63) is 54.1 Å². The summed E-state index contributed by atoms with van der Waals surface area (Å²) in [5.74, 6) is 0.0584. The summed E-state index contributed by atoms with van der Waals surface area (Å²) < 4.78 is 0. The molecule has 1 aliphatic carbocycles. The lowest BCUT2D eigenvalue weighted by atomic mass is 9.95. The van der Waals surface area contributed by atoms with Crippen LogP contribution in [0.25, 0.3) is 5.57 Å². The Kier molecular flexibility index (Phi) is 3.35. The van der Waals surface area contributed by atoms with E-state index in [9.17, 15) is 4.79 Å². The van der Waals surface area contributed by atoms with E-state index in [2.05, 4.69) is 6.58 Å². The van der Waals surface area contributed by atoms with Gasteiger partial charge in [0.2, 0.25) is 0 Å². The Morgan fingerprint density at radius 1 is 1.12 bits per heavy atom. The van der Waals surface area contributed by atoms with E-state index >= 15 is 0 Å². The van der Waals surface area contributed by atoms with Crippen molar-refractivity contribution in [3.63, 3.8) is 0 Å².